The van der Waals surface area contributed by atoms with E-state index < -0.39 is 5.97 Å². The molecule has 2 rings (SSSR count). The van der Waals surface area contributed by atoms with Crippen LogP contribution in [-0.2, 0) is 17.8 Å². The van der Waals surface area contributed by atoms with Gasteiger partial charge in [0.2, 0.25) is 0 Å². The minimum atomic E-state index is -1.10. The van der Waals surface area contributed by atoms with E-state index in [9.17, 15) is 4.79 Å². The lowest BCUT2D eigenvalue weighted by molar-refractivity contribution is 0.0684. The number of rotatable bonds is 7. The van der Waals surface area contributed by atoms with Crippen molar-refractivity contribution in [1.82, 2.24) is 10.1 Å². The quantitative estimate of drug-likeness (QED) is 0.767. The Morgan fingerprint density at radius 1 is 1.37 bits per heavy atom. The minimum absolute atomic E-state index is 0.101. The zero-order chi connectivity index (χ0) is 13.5. The highest BCUT2D eigenvalue weighted by molar-refractivity contribution is 5.85. The second-order valence-electron chi connectivity index (χ2n) is 4.00. The number of aryl methyl sites for hydroxylation is 1. The van der Waals surface area contributed by atoms with Crippen molar-refractivity contribution in [2.45, 2.75) is 19.4 Å². The standard InChI is InChI=1S/C13H14N2O4/c16-13(17)12-8-11(19-15-12)9-18-7-1-2-10-3-5-14-6-4-10/h3-6,8H,1-2,7,9H2,(H,16,17). The van der Waals surface area contributed by atoms with Crippen LogP contribution in [0.5, 0.6) is 0 Å². The molecule has 0 aliphatic carbocycles. The zero-order valence-corrected chi connectivity index (χ0v) is 10.3. The van der Waals surface area contributed by atoms with Crippen molar-refractivity contribution in [3.8, 4) is 0 Å². The fourth-order valence-electron chi connectivity index (χ4n) is 1.58. The molecule has 0 unspecified atom stereocenters. The van der Waals surface area contributed by atoms with Crippen molar-refractivity contribution < 1.29 is 19.2 Å². The molecule has 2 heterocycles. The largest absolute Gasteiger partial charge is 0.476 e. The first-order valence-corrected chi connectivity index (χ1v) is 5.91. The van der Waals surface area contributed by atoms with Gasteiger partial charge in [0, 0.05) is 25.1 Å². The zero-order valence-electron chi connectivity index (χ0n) is 10.3. The van der Waals surface area contributed by atoms with Crippen LogP contribution >= 0.6 is 0 Å². The second kappa shape index (κ2) is 6.65. The molecule has 2 aromatic rings. The molecule has 0 aromatic carbocycles. The van der Waals surface area contributed by atoms with Crippen molar-refractivity contribution >= 4 is 5.97 Å². The molecule has 1 N–H and O–H groups in total. The van der Waals surface area contributed by atoms with Gasteiger partial charge in [-0.15, -0.1) is 0 Å². The van der Waals surface area contributed by atoms with Crippen LogP contribution < -0.4 is 0 Å². The number of aromatic carboxylic acids is 1. The highest BCUT2D eigenvalue weighted by Gasteiger charge is 2.10. The number of aromatic nitrogens is 2. The Morgan fingerprint density at radius 2 is 2.16 bits per heavy atom. The maximum atomic E-state index is 10.6. The van der Waals surface area contributed by atoms with Crippen molar-refractivity contribution in [2.24, 2.45) is 0 Å². The van der Waals surface area contributed by atoms with E-state index in [1.165, 1.54) is 11.6 Å². The summed E-state index contributed by atoms with van der Waals surface area (Å²) < 4.78 is 10.2. The summed E-state index contributed by atoms with van der Waals surface area (Å²) in [5.41, 5.74) is 1.11. The molecule has 0 bridgehead atoms. The van der Waals surface area contributed by atoms with E-state index in [2.05, 4.69) is 10.1 Å². The SMILES string of the molecule is O=C(O)c1cc(COCCCc2ccncc2)on1. The molecule has 100 valence electrons. The lowest BCUT2D eigenvalue weighted by atomic mass is 10.1. The molecule has 0 amide bonds. The van der Waals surface area contributed by atoms with E-state index in [0.29, 0.717) is 12.4 Å². The molecule has 6 nitrogen and oxygen atoms in total. The van der Waals surface area contributed by atoms with Gasteiger partial charge >= 0.3 is 5.97 Å². The third-order valence-electron chi connectivity index (χ3n) is 2.53. The topological polar surface area (TPSA) is 85.5 Å². The van der Waals surface area contributed by atoms with Crippen molar-refractivity contribution in [3.63, 3.8) is 0 Å². The van der Waals surface area contributed by atoms with Crippen LogP contribution in [0.15, 0.2) is 35.1 Å². The van der Waals surface area contributed by atoms with Gasteiger partial charge < -0.3 is 14.4 Å². The molecule has 0 aliphatic heterocycles. The predicted molar refractivity (Wildman–Crippen MR) is 65.7 cm³/mol. The fraction of sp³-hybridized carbons (Fsp3) is 0.308. The minimum Gasteiger partial charge on any atom is -0.476 e. The van der Waals surface area contributed by atoms with E-state index in [-0.39, 0.29) is 12.3 Å². The molecular formula is C13H14N2O4. The van der Waals surface area contributed by atoms with Crippen LogP contribution in [0.25, 0.3) is 0 Å². The van der Waals surface area contributed by atoms with Crippen LogP contribution in [0, 0.1) is 0 Å². The summed E-state index contributed by atoms with van der Waals surface area (Å²) >= 11 is 0. The van der Waals surface area contributed by atoms with Gasteiger partial charge in [0.15, 0.2) is 11.5 Å². The van der Waals surface area contributed by atoms with E-state index >= 15 is 0 Å². The number of nitrogens with zero attached hydrogens (tertiary/aromatic N) is 2. The molecule has 19 heavy (non-hydrogen) atoms. The van der Waals surface area contributed by atoms with E-state index in [4.69, 9.17) is 14.4 Å². The van der Waals surface area contributed by atoms with Gasteiger partial charge in [-0.25, -0.2) is 4.79 Å². The van der Waals surface area contributed by atoms with Crippen LogP contribution in [-0.4, -0.2) is 27.8 Å². The number of ether oxygens (including phenoxy) is 1. The molecule has 0 aliphatic rings. The highest BCUT2D eigenvalue weighted by Crippen LogP contribution is 2.06. The molecule has 0 spiro atoms. The maximum Gasteiger partial charge on any atom is 0.358 e. The van der Waals surface area contributed by atoms with Crippen molar-refractivity contribution in [3.05, 3.63) is 47.6 Å². The fourth-order valence-corrected chi connectivity index (χ4v) is 1.58. The summed E-state index contributed by atoms with van der Waals surface area (Å²) in [6, 6.07) is 5.30. The van der Waals surface area contributed by atoms with Gasteiger partial charge in [0.25, 0.3) is 0 Å². The van der Waals surface area contributed by atoms with Crippen LogP contribution in [0.1, 0.15) is 28.2 Å². The third-order valence-corrected chi connectivity index (χ3v) is 2.53. The van der Waals surface area contributed by atoms with Gasteiger partial charge in [0.1, 0.15) is 6.61 Å². The van der Waals surface area contributed by atoms with Crippen LogP contribution in [0.3, 0.4) is 0 Å². The lowest BCUT2D eigenvalue weighted by Crippen LogP contribution is -1.97. The number of pyridine rings is 1. The molecule has 0 fully saturated rings. The van der Waals surface area contributed by atoms with E-state index in [0.717, 1.165) is 12.8 Å². The smallest absolute Gasteiger partial charge is 0.358 e. The first kappa shape index (κ1) is 13.2. The number of carbonyl (C=O) groups is 1. The molecule has 0 saturated heterocycles. The Bertz CT molecular complexity index is 524. The summed E-state index contributed by atoms with van der Waals surface area (Å²) in [6.07, 6.45) is 5.32. The Balaban J connectivity index is 1.65. The summed E-state index contributed by atoms with van der Waals surface area (Å²) in [7, 11) is 0. The normalized spacial score (nSPS) is 10.5. The van der Waals surface area contributed by atoms with Crippen LogP contribution in [0.4, 0.5) is 0 Å². The van der Waals surface area contributed by atoms with Gasteiger partial charge in [-0.2, -0.15) is 0 Å². The van der Waals surface area contributed by atoms with E-state index in [1.807, 2.05) is 12.1 Å². The summed E-state index contributed by atoms with van der Waals surface area (Å²) in [5.74, 6) is -0.686. The Hall–Kier alpha value is -2.21. The third kappa shape index (κ3) is 4.18. The summed E-state index contributed by atoms with van der Waals surface area (Å²) in [4.78, 5) is 14.5. The van der Waals surface area contributed by atoms with Gasteiger partial charge in [-0.1, -0.05) is 5.16 Å². The Kier molecular flexibility index (Phi) is 4.63. The maximum absolute atomic E-state index is 10.6. The van der Waals surface area contributed by atoms with Crippen molar-refractivity contribution in [1.29, 1.82) is 0 Å². The molecule has 6 heteroatoms. The second-order valence-corrected chi connectivity index (χ2v) is 4.00. The summed E-state index contributed by atoms with van der Waals surface area (Å²) in [5, 5.41) is 12.1. The monoisotopic (exact) mass is 262 g/mol. The van der Waals surface area contributed by atoms with Crippen molar-refractivity contribution in [2.75, 3.05) is 6.61 Å². The first-order chi connectivity index (χ1) is 9.25. The number of hydrogen-bond donors (Lipinski definition) is 1. The van der Waals surface area contributed by atoms with Gasteiger partial charge in [-0.3, -0.25) is 4.98 Å². The molecule has 0 radical (unpaired) electrons. The van der Waals surface area contributed by atoms with Crippen LogP contribution in [0.2, 0.25) is 0 Å². The van der Waals surface area contributed by atoms with Gasteiger partial charge in [-0.05, 0) is 30.5 Å². The number of carboxylic acids is 1. The Labute approximate surface area is 110 Å². The molecular weight excluding hydrogens is 248 g/mol. The Morgan fingerprint density at radius 3 is 2.84 bits per heavy atom. The number of hydrogen-bond acceptors (Lipinski definition) is 5. The lowest BCUT2D eigenvalue weighted by Gasteiger charge is -2.02. The predicted octanol–water partition coefficient (Wildman–Crippen LogP) is 1.92. The molecule has 0 saturated carbocycles. The average Bonchev–Trinajstić information content (AvgIpc) is 2.89. The highest BCUT2D eigenvalue weighted by atomic mass is 16.5. The number of carboxylic acid groups (broad SMARTS) is 1. The molecule has 2 aromatic heterocycles. The average molecular weight is 262 g/mol. The van der Waals surface area contributed by atoms with Gasteiger partial charge in [0.05, 0.1) is 0 Å². The summed E-state index contributed by atoms with van der Waals surface area (Å²) in [6.45, 7) is 0.808. The first-order valence-electron chi connectivity index (χ1n) is 5.91. The van der Waals surface area contributed by atoms with E-state index in [1.54, 1.807) is 12.4 Å². The molecule has 0 atom stereocenters.